The Hall–Kier alpha value is -5.26. The molecule has 2 aliphatic rings. The number of hydrogen-bond acceptors (Lipinski definition) is 4. The molecule has 3 atom stereocenters. The summed E-state index contributed by atoms with van der Waals surface area (Å²) in [5, 5.41) is 7.04. The number of ether oxygens (including phenoxy) is 1. The topological polar surface area (TPSA) is 161 Å². The molecule has 2 amide bonds. The first kappa shape index (κ1) is 43.8. The maximum atomic E-state index is 14.6. The molecule has 11 nitrogen and oxygen atoms in total. The first-order chi connectivity index (χ1) is 25.1. The van der Waals surface area contributed by atoms with Crippen molar-refractivity contribution in [3.63, 3.8) is 0 Å². The van der Waals surface area contributed by atoms with Gasteiger partial charge in [-0.15, -0.1) is 0 Å². The van der Waals surface area contributed by atoms with Crippen molar-refractivity contribution < 1.29 is 56.9 Å². The minimum atomic E-state index is -0.809. The van der Waals surface area contributed by atoms with Gasteiger partial charge in [-0.2, -0.15) is 0 Å². The predicted molar refractivity (Wildman–Crippen MR) is 174 cm³/mol. The molecule has 0 spiro atoms. The van der Waals surface area contributed by atoms with Gasteiger partial charge in [0.2, 0.25) is 0 Å². The number of nitrogens with zero attached hydrogens (tertiary/aromatic N) is 2. The van der Waals surface area contributed by atoms with Crippen molar-refractivity contribution in [1.82, 2.24) is 15.3 Å². The molecule has 2 heterocycles. The van der Waals surface area contributed by atoms with E-state index in [1.54, 1.807) is 17.1 Å². The summed E-state index contributed by atoms with van der Waals surface area (Å²) in [6, 6.07) is 37.6. The van der Waals surface area contributed by atoms with E-state index in [-0.39, 0.29) is 17.9 Å². The Balaban J connectivity index is 0.00000120. The number of carbonyl (C=O) groups is 2. The Morgan fingerprint density at radius 2 is 1.14 bits per heavy atom. The van der Waals surface area contributed by atoms with Crippen LogP contribution in [0.15, 0.2) is 127 Å². The average molecular weight is 852 g/mol. The van der Waals surface area contributed by atoms with Gasteiger partial charge in [0.1, 0.15) is 0 Å². The van der Waals surface area contributed by atoms with Gasteiger partial charge in [-0.25, -0.2) is 0 Å². The summed E-state index contributed by atoms with van der Waals surface area (Å²) in [4.78, 5) is 28.1. The number of fused-ring (bicyclic) bond motifs is 1. The molecule has 0 aromatic heterocycles. The zero-order valence-corrected chi connectivity index (χ0v) is 30.0. The molecular formula is C39H29N3O8W. The first-order valence-electron chi connectivity index (χ1n) is 14.7. The van der Waals surface area contributed by atoms with Crippen LogP contribution in [0, 0.1) is 33.3 Å². The minimum absolute atomic E-state index is 0.183. The number of amides is 2. The van der Waals surface area contributed by atoms with Crippen LogP contribution in [0.5, 0.6) is 0 Å². The summed E-state index contributed by atoms with van der Waals surface area (Å²) in [5.41, 5.74) is 5.18. The molecule has 1 unspecified atom stereocenters. The molecule has 51 heavy (non-hydrogen) atoms. The second-order valence-corrected chi connectivity index (χ2v) is 11.2. The zero-order valence-electron chi connectivity index (χ0n) is 27.1. The fourth-order valence-corrected chi connectivity index (χ4v) is 6.90. The molecule has 1 saturated heterocycles. The molecule has 0 bridgehead atoms. The van der Waals surface area contributed by atoms with E-state index in [1.807, 2.05) is 104 Å². The fourth-order valence-electron chi connectivity index (χ4n) is 5.73. The third-order valence-electron chi connectivity index (χ3n) is 7.43. The van der Waals surface area contributed by atoms with Gasteiger partial charge in [0, 0.05) is 0 Å². The van der Waals surface area contributed by atoms with Crippen molar-refractivity contribution in [3.8, 4) is 0 Å². The van der Waals surface area contributed by atoms with Crippen molar-refractivity contribution in [1.29, 1.82) is 0 Å². The second kappa shape index (κ2) is 24.0. The molecule has 0 saturated carbocycles. The quantitative estimate of drug-likeness (QED) is 0.189. The Bertz CT molecular complexity index is 1810. The van der Waals surface area contributed by atoms with E-state index in [0.717, 1.165) is 32.0 Å². The van der Waals surface area contributed by atoms with Crippen LogP contribution < -0.4 is 5.32 Å². The molecule has 12 heteroatoms. The number of nitrogens with one attached hydrogen (secondary N) is 1. The van der Waals surface area contributed by atoms with Gasteiger partial charge >= 0.3 is 308 Å². The summed E-state index contributed by atoms with van der Waals surface area (Å²) in [7, 11) is 0. The molecular weight excluding hydrogens is 822 g/mol. The summed E-state index contributed by atoms with van der Waals surface area (Å²) in [6.45, 7) is 25.0. The molecule has 6 rings (SSSR count). The van der Waals surface area contributed by atoms with Crippen molar-refractivity contribution in [2.24, 2.45) is 0 Å². The van der Waals surface area contributed by atoms with E-state index in [1.165, 1.54) is 19.4 Å². The third-order valence-corrected chi connectivity index (χ3v) is 8.65. The van der Waals surface area contributed by atoms with Crippen LogP contribution in [-0.2, 0) is 52.1 Å². The van der Waals surface area contributed by atoms with Crippen LogP contribution in [0.1, 0.15) is 46.1 Å². The standard InChI is InChI=1S/C34H29N3O3.5CO.W/c1-2-40-23-28-30(24-15-7-3-8-16-24)36-32(26-19-11-5-12-20-26)29(35-33(38)27-21-13-6-14-22-27)34(39)37(36)31(28)25-17-9-4-10-18-25;5*1-2;/h3-22,29-30,32H,2H2,1H3,(H,35,38);;;;;;/t29?,30-,32+;;;;;;/m0....../s1. The van der Waals surface area contributed by atoms with E-state index in [0.29, 0.717) is 12.2 Å². The Kier molecular flexibility index (Phi) is 20.6. The number of hydrazine groups is 1. The molecule has 1 N–H and O–H groups in total. The van der Waals surface area contributed by atoms with Gasteiger partial charge < -0.3 is 0 Å². The van der Waals surface area contributed by atoms with Crippen molar-refractivity contribution in [2.45, 2.75) is 25.0 Å². The molecule has 254 valence electrons. The summed E-state index contributed by atoms with van der Waals surface area (Å²) in [5.74, 6) is -0.465. The van der Waals surface area contributed by atoms with Crippen molar-refractivity contribution in [2.75, 3.05) is 6.61 Å². The average Bonchev–Trinajstić information content (AvgIpc) is 3.71. The molecule has 0 aliphatic carbocycles. The van der Waals surface area contributed by atoms with Crippen molar-refractivity contribution >= 4 is 21.6 Å². The Morgan fingerprint density at radius 1 is 0.706 bits per heavy atom. The van der Waals surface area contributed by atoms with Gasteiger partial charge in [0.05, 0.1) is 0 Å². The normalized spacial score (nSPS) is 16.5. The Labute approximate surface area is 306 Å². The zero-order chi connectivity index (χ0) is 38.3. The molecule has 0 radical (unpaired) electrons. The van der Waals surface area contributed by atoms with Crippen LogP contribution in [0.2, 0.25) is 0 Å². The third kappa shape index (κ3) is 10.1. The fraction of sp³-hybridized carbons (Fsp3) is 0.128. The molecule has 1 fully saturated rings. The van der Waals surface area contributed by atoms with Crippen LogP contribution in [0.3, 0.4) is 0 Å². The molecule has 2 aliphatic heterocycles. The monoisotopic (exact) mass is 851 g/mol. The number of rotatable bonds is 8. The van der Waals surface area contributed by atoms with Gasteiger partial charge in [-0.1, -0.05) is 0 Å². The van der Waals surface area contributed by atoms with Crippen LogP contribution in [0.25, 0.3) is 5.70 Å². The Morgan fingerprint density at radius 3 is 1.61 bits per heavy atom. The molecule has 4 aromatic carbocycles. The molecule has 4 aromatic rings. The number of carbonyl (C=O) groups excluding carboxylic acids is 2. The van der Waals surface area contributed by atoms with E-state index < -0.39 is 12.1 Å². The van der Waals surface area contributed by atoms with Gasteiger partial charge in [0.15, 0.2) is 0 Å². The first-order valence-corrected chi connectivity index (χ1v) is 16.1. The van der Waals surface area contributed by atoms with E-state index in [9.17, 15) is 9.59 Å². The van der Waals surface area contributed by atoms with E-state index in [4.69, 9.17) is 28.0 Å². The van der Waals surface area contributed by atoms with Crippen molar-refractivity contribution in [3.05, 3.63) is 182 Å². The SMILES string of the molecule is CCO[C](=[W])C1=C(c2ccccc2)N2C(=O)C(NC(=O)c3ccccc3)[C@@H](c3ccccc3)N2[C@H]1c1ccccc1.[C-]#[O+].[C-]#[O+].[C-]#[O+].[C-]#[O+].[C-]#[O+]. The summed E-state index contributed by atoms with van der Waals surface area (Å²) in [6.07, 6.45) is 0. The number of benzene rings is 4. The predicted octanol–water partition coefficient (Wildman–Crippen LogP) is 5.28. The van der Waals surface area contributed by atoms with E-state index >= 15 is 0 Å². The van der Waals surface area contributed by atoms with Crippen LogP contribution in [0.4, 0.5) is 0 Å². The second-order valence-electron chi connectivity index (χ2n) is 9.86. The van der Waals surface area contributed by atoms with Crippen LogP contribution >= 0.6 is 0 Å². The van der Waals surface area contributed by atoms with Crippen LogP contribution in [-0.4, -0.2) is 38.6 Å². The summed E-state index contributed by atoms with van der Waals surface area (Å²) < 4.78 is 44.5. The van der Waals surface area contributed by atoms with Gasteiger partial charge in [0.25, 0.3) is 0 Å². The maximum absolute atomic E-state index is 14.6. The van der Waals surface area contributed by atoms with E-state index in [2.05, 4.69) is 55.7 Å². The van der Waals surface area contributed by atoms with Gasteiger partial charge in [-0.3, -0.25) is 0 Å². The summed E-state index contributed by atoms with van der Waals surface area (Å²) >= 11 is 1.19. The number of hydrogen-bond donors (Lipinski definition) is 1. The van der Waals surface area contributed by atoms with Gasteiger partial charge in [-0.05, 0) is 0 Å².